The Morgan fingerprint density at radius 1 is 1.30 bits per heavy atom. The first-order chi connectivity index (χ1) is 9.63. The van der Waals surface area contributed by atoms with Gasteiger partial charge < -0.3 is 5.32 Å². The van der Waals surface area contributed by atoms with Crippen molar-refractivity contribution in [3.63, 3.8) is 0 Å². The van der Waals surface area contributed by atoms with Crippen molar-refractivity contribution in [2.75, 3.05) is 13.6 Å². The summed E-state index contributed by atoms with van der Waals surface area (Å²) in [5.74, 6) is 0. The van der Waals surface area contributed by atoms with E-state index in [4.69, 9.17) is 0 Å². The molecule has 0 aromatic carbocycles. The first-order valence-electron chi connectivity index (χ1n) is 8.11. The molecule has 1 aliphatic carbocycles. The standard InChI is InChI=1S/C16H30N4/c1-5-17-14-7-9-15(10-8-14)19(4)12-16-11-13(3)18-20(16)6-2/h11,14-15,17H,5-10,12H2,1-4H3. The van der Waals surface area contributed by atoms with Gasteiger partial charge in [0.25, 0.3) is 0 Å². The first-order valence-corrected chi connectivity index (χ1v) is 8.11. The van der Waals surface area contributed by atoms with E-state index in [1.807, 2.05) is 0 Å². The summed E-state index contributed by atoms with van der Waals surface area (Å²) in [6, 6.07) is 3.70. The lowest BCUT2D eigenvalue weighted by molar-refractivity contribution is 0.165. The van der Waals surface area contributed by atoms with E-state index in [0.717, 1.165) is 37.4 Å². The maximum atomic E-state index is 4.54. The lowest BCUT2D eigenvalue weighted by atomic mass is 9.90. The van der Waals surface area contributed by atoms with Gasteiger partial charge in [0.2, 0.25) is 0 Å². The number of aryl methyl sites for hydroxylation is 2. The van der Waals surface area contributed by atoms with E-state index in [1.54, 1.807) is 0 Å². The van der Waals surface area contributed by atoms with Crippen LogP contribution in [-0.4, -0.2) is 40.4 Å². The van der Waals surface area contributed by atoms with Crippen LogP contribution in [0.4, 0.5) is 0 Å². The van der Waals surface area contributed by atoms with Crippen LogP contribution >= 0.6 is 0 Å². The summed E-state index contributed by atoms with van der Waals surface area (Å²) in [6.45, 7) is 9.52. The Balaban J connectivity index is 1.87. The van der Waals surface area contributed by atoms with Gasteiger partial charge in [0.1, 0.15) is 0 Å². The molecule has 4 nitrogen and oxygen atoms in total. The Morgan fingerprint density at radius 3 is 2.60 bits per heavy atom. The molecule has 2 rings (SSSR count). The van der Waals surface area contributed by atoms with Gasteiger partial charge in [0, 0.05) is 25.2 Å². The molecule has 1 aliphatic rings. The number of hydrogen-bond acceptors (Lipinski definition) is 3. The molecule has 0 amide bonds. The van der Waals surface area contributed by atoms with Gasteiger partial charge in [-0.15, -0.1) is 0 Å². The van der Waals surface area contributed by atoms with Crippen LogP contribution in [0.15, 0.2) is 6.07 Å². The van der Waals surface area contributed by atoms with Gasteiger partial charge in [0.05, 0.1) is 11.4 Å². The lowest BCUT2D eigenvalue weighted by Gasteiger charge is -2.35. The molecule has 1 heterocycles. The fourth-order valence-corrected chi connectivity index (χ4v) is 3.39. The average Bonchev–Trinajstić information content (AvgIpc) is 2.80. The quantitative estimate of drug-likeness (QED) is 0.868. The Morgan fingerprint density at radius 2 is 2.00 bits per heavy atom. The summed E-state index contributed by atoms with van der Waals surface area (Å²) in [5.41, 5.74) is 2.48. The van der Waals surface area contributed by atoms with Crippen molar-refractivity contribution in [1.82, 2.24) is 20.0 Å². The number of rotatable bonds is 6. The van der Waals surface area contributed by atoms with E-state index >= 15 is 0 Å². The van der Waals surface area contributed by atoms with Crippen LogP contribution in [0.3, 0.4) is 0 Å². The number of nitrogens with one attached hydrogen (secondary N) is 1. The lowest BCUT2D eigenvalue weighted by Crippen LogP contribution is -2.40. The summed E-state index contributed by atoms with van der Waals surface area (Å²) in [6.07, 6.45) is 5.25. The maximum Gasteiger partial charge on any atom is 0.0597 e. The monoisotopic (exact) mass is 278 g/mol. The van der Waals surface area contributed by atoms with Crippen molar-refractivity contribution in [3.05, 3.63) is 17.5 Å². The fraction of sp³-hybridized carbons (Fsp3) is 0.812. The van der Waals surface area contributed by atoms with E-state index in [0.29, 0.717) is 0 Å². The predicted molar refractivity (Wildman–Crippen MR) is 83.8 cm³/mol. The highest BCUT2D eigenvalue weighted by molar-refractivity contribution is 5.09. The molecule has 20 heavy (non-hydrogen) atoms. The van der Waals surface area contributed by atoms with E-state index in [-0.39, 0.29) is 0 Å². The van der Waals surface area contributed by atoms with Crippen LogP contribution in [0.1, 0.15) is 50.9 Å². The second kappa shape index (κ2) is 7.23. The molecule has 0 radical (unpaired) electrons. The zero-order valence-electron chi connectivity index (χ0n) is 13.5. The fourth-order valence-electron chi connectivity index (χ4n) is 3.39. The minimum absolute atomic E-state index is 0.727. The molecular formula is C16H30N4. The molecule has 0 bridgehead atoms. The van der Waals surface area contributed by atoms with Crippen molar-refractivity contribution in [3.8, 4) is 0 Å². The highest BCUT2D eigenvalue weighted by atomic mass is 15.3. The third kappa shape index (κ3) is 3.83. The number of aromatic nitrogens is 2. The van der Waals surface area contributed by atoms with E-state index in [2.05, 4.69) is 53.9 Å². The molecule has 0 unspecified atom stereocenters. The summed E-state index contributed by atoms with van der Waals surface area (Å²) in [4.78, 5) is 2.52. The van der Waals surface area contributed by atoms with Gasteiger partial charge in [-0.1, -0.05) is 6.92 Å². The summed E-state index contributed by atoms with van der Waals surface area (Å²) >= 11 is 0. The number of nitrogens with zero attached hydrogens (tertiary/aromatic N) is 3. The van der Waals surface area contributed by atoms with Crippen LogP contribution in [0.5, 0.6) is 0 Å². The molecule has 1 N–H and O–H groups in total. The van der Waals surface area contributed by atoms with Gasteiger partial charge >= 0.3 is 0 Å². The third-order valence-corrected chi connectivity index (χ3v) is 4.51. The normalized spacial score (nSPS) is 23.4. The Kier molecular flexibility index (Phi) is 5.61. The molecule has 0 saturated heterocycles. The smallest absolute Gasteiger partial charge is 0.0597 e. The molecule has 0 atom stereocenters. The second-order valence-electron chi connectivity index (χ2n) is 6.07. The molecule has 1 saturated carbocycles. The van der Waals surface area contributed by atoms with E-state index in [9.17, 15) is 0 Å². The minimum Gasteiger partial charge on any atom is -0.314 e. The molecular weight excluding hydrogens is 248 g/mol. The molecule has 0 spiro atoms. The SMILES string of the molecule is CCNC1CCC(N(C)Cc2cc(C)nn2CC)CC1. The van der Waals surface area contributed by atoms with Crippen LogP contribution in [0, 0.1) is 6.92 Å². The van der Waals surface area contributed by atoms with Gasteiger partial charge in [-0.2, -0.15) is 5.10 Å². The minimum atomic E-state index is 0.727. The van der Waals surface area contributed by atoms with E-state index in [1.165, 1.54) is 31.4 Å². The topological polar surface area (TPSA) is 33.1 Å². The Labute approximate surface area is 123 Å². The average molecular weight is 278 g/mol. The second-order valence-corrected chi connectivity index (χ2v) is 6.07. The number of hydrogen-bond donors (Lipinski definition) is 1. The largest absolute Gasteiger partial charge is 0.314 e. The van der Waals surface area contributed by atoms with Gasteiger partial charge in [-0.25, -0.2) is 0 Å². The molecule has 1 aromatic heterocycles. The highest BCUT2D eigenvalue weighted by Crippen LogP contribution is 2.23. The van der Waals surface area contributed by atoms with Crippen molar-refractivity contribution in [1.29, 1.82) is 0 Å². The third-order valence-electron chi connectivity index (χ3n) is 4.51. The maximum absolute atomic E-state index is 4.54. The van der Waals surface area contributed by atoms with Gasteiger partial charge in [-0.3, -0.25) is 9.58 Å². The van der Waals surface area contributed by atoms with Gasteiger partial charge in [-0.05, 0) is 59.2 Å². The molecule has 0 aliphatic heterocycles. The molecule has 1 fully saturated rings. The van der Waals surface area contributed by atoms with Crippen molar-refractivity contribution in [2.45, 2.75) is 71.6 Å². The molecule has 4 heteroatoms. The van der Waals surface area contributed by atoms with Crippen molar-refractivity contribution >= 4 is 0 Å². The van der Waals surface area contributed by atoms with Crippen LogP contribution < -0.4 is 5.32 Å². The zero-order valence-corrected chi connectivity index (χ0v) is 13.5. The first kappa shape index (κ1) is 15.5. The molecule has 114 valence electrons. The van der Waals surface area contributed by atoms with Crippen molar-refractivity contribution in [2.24, 2.45) is 0 Å². The summed E-state index contributed by atoms with van der Waals surface area (Å²) in [7, 11) is 2.26. The van der Waals surface area contributed by atoms with E-state index < -0.39 is 0 Å². The van der Waals surface area contributed by atoms with Crippen LogP contribution in [0.25, 0.3) is 0 Å². The van der Waals surface area contributed by atoms with Crippen LogP contribution in [-0.2, 0) is 13.1 Å². The zero-order chi connectivity index (χ0) is 14.5. The summed E-state index contributed by atoms with van der Waals surface area (Å²) in [5, 5.41) is 8.13. The van der Waals surface area contributed by atoms with Gasteiger partial charge in [0.15, 0.2) is 0 Å². The Bertz CT molecular complexity index is 405. The Hall–Kier alpha value is -0.870. The molecule has 1 aromatic rings. The predicted octanol–water partition coefficient (Wildman–Crippen LogP) is 2.56. The van der Waals surface area contributed by atoms with Crippen molar-refractivity contribution < 1.29 is 0 Å². The highest BCUT2D eigenvalue weighted by Gasteiger charge is 2.24. The van der Waals surface area contributed by atoms with Crippen LogP contribution in [0.2, 0.25) is 0 Å². The summed E-state index contributed by atoms with van der Waals surface area (Å²) < 4.78 is 2.14.